The average Bonchev–Trinajstić information content (AvgIpc) is 3.39. The number of benzene rings is 2. The highest BCUT2D eigenvalue weighted by Crippen LogP contribution is 2.30. The Morgan fingerprint density at radius 3 is 2.89 bits per heavy atom. The van der Waals surface area contributed by atoms with Crippen molar-refractivity contribution in [3.8, 4) is 11.8 Å². The Bertz CT molecular complexity index is 988. The number of amides is 1. The molecule has 0 saturated carbocycles. The molecule has 3 aromatic rings. The number of hydrogen-bond acceptors (Lipinski definition) is 6. The van der Waals surface area contributed by atoms with Gasteiger partial charge in [0.2, 0.25) is 0 Å². The lowest BCUT2D eigenvalue weighted by Gasteiger charge is -2.23. The van der Waals surface area contributed by atoms with Gasteiger partial charge in [-0.1, -0.05) is 35.6 Å². The van der Waals surface area contributed by atoms with Crippen LogP contribution in [-0.2, 0) is 9.53 Å². The highest BCUT2D eigenvalue weighted by Gasteiger charge is 2.26. The van der Waals surface area contributed by atoms with E-state index in [1.165, 1.54) is 11.3 Å². The molecule has 4 rings (SSSR count). The molecule has 142 valence electrons. The van der Waals surface area contributed by atoms with E-state index in [1.54, 1.807) is 29.2 Å². The van der Waals surface area contributed by atoms with Gasteiger partial charge in [-0.2, -0.15) is 5.26 Å². The van der Waals surface area contributed by atoms with Crippen molar-refractivity contribution in [2.45, 2.75) is 18.9 Å². The maximum Gasteiger partial charge on any atom is 0.266 e. The van der Waals surface area contributed by atoms with Crippen LogP contribution in [0.4, 0.5) is 5.13 Å². The Morgan fingerprint density at radius 2 is 2.11 bits per heavy atom. The summed E-state index contributed by atoms with van der Waals surface area (Å²) in [6.45, 7) is 1.00. The summed E-state index contributed by atoms with van der Waals surface area (Å²) < 4.78 is 12.4. The minimum Gasteiger partial charge on any atom is -0.482 e. The van der Waals surface area contributed by atoms with Crippen LogP contribution < -0.4 is 9.64 Å². The average molecular weight is 393 g/mol. The molecule has 1 fully saturated rings. The third-order valence-electron chi connectivity index (χ3n) is 4.58. The molecule has 2 heterocycles. The number of carbonyl (C=O) groups excluding carboxylic acids is 1. The fourth-order valence-corrected chi connectivity index (χ4v) is 4.15. The first-order valence-electron chi connectivity index (χ1n) is 9.14. The van der Waals surface area contributed by atoms with Gasteiger partial charge in [0.1, 0.15) is 11.8 Å². The summed E-state index contributed by atoms with van der Waals surface area (Å²) in [7, 11) is 0. The second kappa shape index (κ2) is 8.38. The third kappa shape index (κ3) is 3.98. The number of fused-ring (bicyclic) bond motifs is 1. The topological polar surface area (TPSA) is 75.5 Å². The predicted octanol–water partition coefficient (Wildman–Crippen LogP) is 3.76. The number of aromatic nitrogens is 1. The van der Waals surface area contributed by atoms with Crippen LogP contribution in [0.3, 0.4) is 0 Å². The molecule has 1 aromatic heterocycles. The number of rotatable bonds is 6. The van der Waals surface area contributed by atoms with Gasteiger partial charge in [0.05, 0.1) is 28.4 Å². The summed E-state index contributed by atoms with van der Waals surface area (Å²) in [6, 6.07) is 16.8. The molecule has 1 aliphatic heterocycles. The summed E-state index contributed by atoms with van der Waals surface area (Å²) in [6.07, 6.45) is 1.92. The van der Waals surface area contributed by atoms with Gasteiger partial charge in [-0.05, 0) is 37.1 Å². The number of anilines is 1. The molecule has 7 heteroatoms. The van der Waals surface area contributed by atoms with Crippen molar-refractivity contribution in [1.82, 2.24) is 4.98 Å². The summed E-state index contributed by atoms with van der Waals surface area (Å²) in [5.74, 6) is 0.196. The van der Waals surface area contributed by atoms with Crippen molar-refractivity contribution in [3.63, 3.8) is 0 Å². The smallest absolute Gasteiger partial charge is 0.266 e. The number of thiazole rings is 1. The minimum atomic E-state index is -0.206. The summed E-state index contributed by atoms with van der Waals surface area (Å²) in [5, 5.41) is 9.83. The molecule has 6 nitrogen and oxygen atoms in total. The van der Waals surface area contributed by atoms with Gasteiger partial charge in [-0.25, -0.2) is 4.98 Å². The quantitative estimate of drug-likeness (QED) is 0.637. The molecule has 0 radical (unpaired) electrons. The lowest BCUT2D eigenvalue weighted by Crippen LogP contribution is -2.40. The predicted molar refractivity (Wildman–Crippen MR) is 108 cm³/mol. The fraction of sp³-hybridized carbons (Fsp3) is 0.286. The lowest BCUT2D eigenvalue weighted by atomic mass is 10.2. The largest absolute Gasteiger partial charge is 0.482 e. The minimum absolute atomic E-state index is 0.00218. The molecule has 0 N–H and O–H groups in total. The van der Waals surface area contributed by atoms with Gasteiger partial charge < -0.3 is 9.47 Å². The maximum atomic E-state index is 13.0. The van der Waals surface area contributed by atoms with Crippen molar-refractivity contribution in [2.75, 3.05) is 24.7 Å². The van der Waals surface area contributed by atoms with Gasteiger partial charge in [0, 0.05) is 6.61 Å². The number of carbonyl (C=O) groups is 1. The van der Waals surface area contributed by atoms with Crippen LogP contribution in [0.1, 0.15) is 18.4 Å². The van der Waals surface area contributed by atoms with E-state index in [4.69, 9.17) is 9.47 Å². The van der Waals surface area contributed by atoms with Gasteiger partial charge in [-0.15, -0.1) is 0 Å². The molecular weight excluding hydrogens is 374 g/mol. The number of nitrogens with zero attached hydrogens (tertiary/aromatic N) is 3. The molecule has 1 amide bonds. The van der Waals surface area contributed by atoms with Crippen LogP contribution in [0.2, 0.25) is 0 Å². The molecule has 2 aromatic carbocycles. The van der Waals surface area contributed by atoms with Crippen molar-refractivity contribution in [3.05, 3.63) is 54.1 Å². The van der Waals surface area contributed by atoms with E-state index >= 15 is 0 Å². The summed E-state index contributed by atoms with van der Waals surface area (Å²) in [4.78, 5) is 19.3. The zero-order valence-electron chi connectivity index (χ0n) is 15.2. The Kier molecular flexibility index (Phi) is 5.51. The van der Waals surface area contributed by atoms with E-state index < -0.39 is 0 Å². The van der Waals surface area contributed by atoms with E-state index in [-0.39, 0.29) is 18.6 Å². The van der Waals surface area contributed by atoms with Gasteiger partial charge in [-0.3, -0.25) is 9.69 Å². The van der Waals surface area contributed by atoms with Gasteiger partial charge in [0.15, 0.2) is 11.7 Å². The lowest BCUT2D eigenvalue weighted by molar-refractivity contribution is -0.120. The molecule has 1 saturated heterocycles. The third-order valence-corrected chi connectivity index (χ3v) is 5.64. The number of hydrogen-bond donors (Lipinski definition) is 0. The van der Waals surface area contributed by atoms with Crippen molar-refractivity contribution >= 4 is 32.6 Å². The highest BCUT2D eigenvalue weighted by molar-refractivity contribution is 7.22. The monoisotopic (exact) mass is 393 g/mol. The van der Waals surface area contributed by atoms with Crippen molar-refractivity contribution in [1.29, 1.82) is 5.26 Å². The first kappa shape index (κ1) is 18.4. The molecule has 0 aliphatic carbocycles. The number of nitriles is 1. The Labute approximate surface area is 166 Å². The normalized spacial score (nSPS) is 16.0. The summed E-state index contributed by atoms with van der Waals surface area (Å²) >= 11 is 1.48. The Balaban J connectivity index is 1.55. The SMILES string of the molecule is N#Cc1ccccc1OCC(=O)N(CC1CCCO1)c1nc2ccccc2s1. The molecule has 0 spiro atoms. The second-order valence-electron chi connectivity index (χ2n) is 6.50. The molecular formula is C21H19N3O3S. The molecule has 1 aliphatic rings. The van der Waals surface area contributed by atoms with Crippen LogP contribution in [0.15, 0.2) is 48.5 Å². The first-order valence-corrected chi connectivity index (χ1v) is 9.96. The Hall–Kier alpha value is -2.95. The fourth-order valence-electron chi connectivity index (χ4n) is 3.16. The summed E-state index contributed by atoms with van der Waals surface area (Å²) in [5.41, 5.74) is 1.27. The molecule has 28 heavy (non-hydrogen) atoms. The van der Waals surface area contributed by atoms with Gasteiger partial charge in [0.25, 0.3) is 5.91 Å². The molecule has 1 atom stereocenters. The number of ether oxygens (including phenoxy) is 2. The Morgan fingerprint density at radius 1 is 1.29 bits per heavy atom. The van der Waals surface area contributed by atoms with Crippen LogP contribution in [0.5, 0.6) is 5.75 Å². The van der Waals surface area contributed by atoms with Crippen LogP contribution >= 0.6 is 11.3 Å². The van der Waals surface area contributed by atoms with Crippen LogP contribution in [0.25, 0.3) is 10.2 Å². The molecule has 1 unspecified atom stereocenters. The highest BCUT2D eigenvalue weighted by atomic mass is 32.1. The van der Waals surface area contributed by atoms with E-state index in [0.29, 0.717) is 23.0 Å². The van der Waals surface area contributed by atoms with E-state index in [9.17, 15) is 10.1 Å². The first-order chi connectivity index (χ1) is 13.7. The number of para-hydroxylation sites is 2. The zero-order valence-corrected chi connectivity index (χ0v) is 16.0. The van der Waals surface area contributed by atoms with Gasteiger partial charge >= 0.3 is 0 Å². The van der Waals surface area contributed by atoms with Crippen LogP contribution in [-0.4, -0.2) is 36.8 Å². The standard InChI is InChI=1S/C21H19N3O3S/c22-12-15-6-1-3-9-18(15)27-14-20(25)24(13-16-7-5-11-26-16)21-23-17-8-2-4-10-19(17)28-21/h1-4,6,8-10,16H,5,7,11,13-14H2. The van der Waals surface area contributed by atoms with Crippen molar-refractivity contribution < 1.29 is 14.3 Å². The second-order valence-corrected chi connectivity index (χ2v) is 7.51. The van der Waals surface area contributed by atoms with E-state index in [0.717, 1.165) is 29.7 Å². The van der Waals surface area contributed by atoms with E-state index in [1.807, 2.05) is 24.3 Å². The van der Waals surface area contributed by atoms with Crippen molar-refractivity contribution in [2.24, 2.45) is 0 Å². The van der Waals surface area contributed by atoms with E-state index in [2.05, 4.69) is 11.1 Å². The van der Waals surface area contributed by atoms with Crippen LogP contribution in [0, 0.1) is 11.3 Å². The zero-order chi connectivity index (χ0) is 19.3. The molecule has 0 bridgehead atoms. The maximum absolute atomic E-state index is 13.0.